The fourth-order valence-corrected chi connectivity index (χ4v) is 2.64. The van der Waals surface area contributed by atoms with Crippen molar-refractivity contribution in [2.75, 3.05) is 0 Å². The third kappa shape index (κ3) is 3.71. The monoisotopic (exact) mass is 378 g/mol. The van der Waals surface area contributed by atoms with Crippen LogP contribution >= 0.6 is 0 Å². The molecule has 9 heteroatoms. The van der Waals surface area contributed by atoms with Crippen molar-refractivity contribution in [1.29, 1.82) is 0 Å². The Labute approximate surface area is 153 Å². The van der Waals surface area contributed by atoms with Crippen molar-refractivity contribution < 1.29 is 22.4 Å². The second kappa shape index (κ2) is 6.90. The van der Waals surface area contributed by atoms with Crippen LogP contribution in [0.1, 0.15) is 39.0 Å². The third-order valence-corrected chi connectivity index (χ3v) is 4.10. The van der Waals surface area contributed by atoms with Crippen LogP contribution in [-0.4, -0.2) is 20.7 Å². The molecule has 1 amide bonds. The van der Waals surface area contributed by atoms with E-state index in [4.69, 9.17) is 4.42 Å². The summed E-state index contributed by atoms with van der Waals surface area (Å²) in [5, 5.41) is 6.20. The number of alkyl halides is 3. The van der Waals surface area contributed by atoms with Gasteiger partial charge in [0.15, 0.2) is 5.69 Å². The average molecular weight is 378 g/mol. The topological polar surface area (TPSA) is 73.0 Å². The Bertz CT molecular complexity index is 969. The molecule has 0 spiro atoms. The number of aromatic nitrogens is 3. The first-order valence-electron chi connectivity index (χ1n) is 8.11. The van der Waals surface area contributed by atoms with Crippen molar-refractivity contribution in [2.45, 2.75) is 33.5 Å². The zero-order valence-electron chi connectivity index (χ0n) is 14.9. The van der Waals surface area contributed by atoms with Gasteiger partial charge < -0.3 is 9.73 Å². The van der Waals surface area contributed by atoms with E-state index in [0.717, 1.165) is 10.9 Å². The summed E-state index contributed by atoms with van der Waals surface area (Å²) < 4.78 is 47.1. The lowest BCUT2D eigenvalue weighted by atomic mass is 10.1. The first-order valence-corrected chi connectivity index (χ1v) is 8.11. The predicted molar refractivity (Wildman–Crippen MR) is 90.5 cm³/mol. The van der Waals surface area contributed by atoms with Crippen LogP contribution in [0.3, 0.4) is 0 Å². The van der Waals surface area contributed by atoms with Gasteiger partial charge in [-0.1, -0.05) is 18.2 Å². The summed E-state index contributed by atoms with van der Waals surface area (Å²) in [5.41, 5.74) is -0.186. The lowest BCUT2D eigenvalue weighted by Crippen LogP contribution is -2.26. The van der Waals surface area contributed by atoms with Gasteiger partial charge in [-0.05, 0) is 32.4 Å². The molecule has 6 nitrogen and oxygen atoms in total. The van der Waals surface area contributed by atoms with E-state index in [0.29, 0.717) is 17.0 Å². The lowest BCUT2D eigenvalue weighted by molar-refractivity contribution is -0.143. The van der Waals surface area contributed by atoms with Gasteiger partial charge in [-0.25, -0.2) is 9.67 Å². The minimum Gasteiger partial charge on any atom is -0.444 e. The Morgan fingerprint density at radius 1 is 1.22 bits per heavy atom. The molecule has 1 N–H and O–H groups in total. The summed E-state index contributed by atoms with van der Waals surface area (Å²) in [6, 6.07) is 6.50. The fourth-order valence-electron chi connectivity index (χ4n) is 2.64. The first kappa shape index (κ1) is 18.7. The number of carbonyl (C=O) groups excluding carboxylic acids is 1. The van der Waals surface area contributed by atoms with Crippen LogP contribution in [0.15, 0.2) is 34.9 Å². The number of oxazole rings is 1. The summed E-state index contributed by atoms with van der Waals surface area (Å²) in [6.45, 7) is 4.99. The van der Waals surface area contributed by atoms with Gasteiger partial charge in [0.2, 0.25) is 5.89 Å². The fraction of sp³-hybridized carbons (Fsp3) is 0.278. The molecule has 0 radical (unpaired) electrons. The highest BCUT2D eigenvalue weighted by molar-refractivity contribution is 5.95. The Balaban J connectivity index is 1.93. The van der Waals surface area contributed by atoms with Gasteiger partial charge in [-0.15, -0.1) is 0 Å². The number of amides is 1. The normalized spacial score (nSPS) is 11.6. The Hall–Kier alpha value is -3.10. The number of para-hydroxylation sites is 1. The van der Waals surface area contributed by atoms with Gasteiger partial charge in [-0.2, -0.15) is 18.3 Å². The van der Waals surface area contributed by atoms with Crippen LogP contribution in [0.5, 0.6) is 0 Å². The summed E-state index contributed by atoms with van der Waals surface area (Å²) in [6.07, 6.45) is -3.85. The van der Waals surface area contributed by atoms with Crippen LogP contribution in [0.2, 0.25) is 0 Å². The van der Waals surface area contributed by atoms with Crippen LogP contribution in [-0.2, 0) is 12.7 Å². The minimum atomic E-state index is -4.76. The molecule has 142 valence electrons. The quantitative estimate of drug-likeness (QED) is 0.751. The SMILES string of the molecule is Cc1ccccc1-n1ncc(C(=O)NCc2nc(C)c(C)o2)c1C(F)(F)F. The Morgan fingerprint density at radius 2 is 1.93 bits per heavy atom. The zero-order chi connectivity index (χ0) is 19.8. The maximum Gasteiger partial charge on any atom is 0.434 e. The van der Waals surface area contributed by atoms with E-state index < -0.39 is 23.3 Å². The van der Waals surface area contributed by atoms with Crippen molar-refractivity contribution >= 4 is 5.91 Å². The molecule has 0 aliphatic rings. The van der Waals surface area contributed by atoms with Crippen LogP contribution in [0.4, 0.5) is 13.2 Å². The molecule has 2 aromatic heterocycles. The summed E-state index contributed by atoms with van der Waals surface area (Å²) in [5.74, 6) is -0.100. The molecule has 0 fully saturated rings. The number of carbonyl (C=O) groups is 1. The van der Waals surface area contributed by atoms with E-state index in [9.17, 15) is 18.0 Å². The molecule has 1 aromatic carbocycles. The van der Waals surface area contributed by atoms with Crippen molar-refractivity contribution in [3.8, 4) is 5.69 Å². The van der Waals surface area contributed by atoms with Gasteiger partial charge in [0.05, 0.1) is 29.7 Å². The molecule has 0 aliphatic carbocycles. The van der Waals surface area contributed by atoms with Gasteiger partial charge in [0.1, 0.15) is 5.76 Å². The first-order chi connectivity index (χ1) is 12.7. The number of benzene rings is 1. The highest BCUT2D eigenvalue weighted by Crippen LogP contribution is 2.34. The number of hydrogen-bond donors (Lipinski definition) is 1. The number of hydrogen-bond acceptors (Lipinski definition) is 4. The lowest BCUT2D eigenvalue weighted by Gasteiger charge is -2.14. The van der Waals surface area contributed by atoms with Crippen LogP contribution in [0, 0.1) is 20.8 Å². The van der Waals surface area contributed by atoms with Gasteiger partial charge in [-0.3, -0.25) is 4.79 Å². The molecule has 0 saturated heterocycles. The molecular weight excluding hydrogens is 361 g/mol. The summed E-state index contributed by atoms with van der Waals surface area (Å²) in [7, 11) is 0. The number of aryl methyl sites for hydroxylation is 3. The van der Waals surface area contributed by atoms with Crippen molar-refractivity contribution in [1.82, 2.24) is 20.1 Å². The van der Waals surface area contributed by atoms with Gasteiger partial charge in [0, 0.05) is 0 Å². The van der Waals surface area contributed by atoms with E-state index in [-0.39, 0.29) is 18.1 Å². The highest BCUT2D eigenvalue weighted by atomic mass is 19.4. The maximum atomic E-state index is 13.7. The molecule has 3 rings (SSSR count). The Kier molecular flexibility index (Phi) is 4.77. The smallest absolute Gasteiger partial charge is 0.434 e. The van der Waals surface area contributed by atoms with Crippen LogP contribution < -0.4 is 5.32 Å². The van der Waals surface area contributed by atoms with Crippen molar-refractivity contribution in [3.63, 3.8) is 0 Å². The molecule has 0 bridgehead atoms. The third-order valence-electron chi connectivity index (χ3n) is 4.10. The number of rotatable bonds is 4. The van der Waals surface area contributed by atoms with Gasteiger partial charge in [0.25, 0.3) is 5.91 Å². The second-order valence-electron chi connectivity index (χ2n) is 6.03. The summed E-state index contributed by atoms with van der Waals surface area (Å²) in [4.78, 5) is 16.5. The number of nitrogens with one attached hydrogen (secondary N) is 1. The molecule has 0 saturated carbocycles. The molecule has 0 unspecified atom stereocenters. The van der Waals surface area contributed by atoms with E-state index in [2.05, 4.69) is 15.4 Å². The molecule has 27 heavy (non-hydrogen) atoms. The maximum absolute atomic E-state index is 13.7. The van der Waals surface area contributed by atoms with Crippen molar-refractivity contribution in [2.24, 2.45) is 0 Å². The molecular formula is C18H17F3N4O2. The highest BCUT2D eigenvalue weighted by Gasteiger charge is 2.40. The van der Waals surface area contributed by atoms with Crippen molar-refractivity contribution in [3.05, 3.63) is 64.6 Å². The van der Waals surface area contributed by atoms with Crippen LogP contribution in [0.25, 0.3) is 5.69 Å². The van der Waals surface area contributed by atoms with E-state index in [1.54, 1.807) is 39.0 Å². The van der Waals surface area contributed by atoms with E-state index >= 15 is 0 Å². The van der Waals surface area contributed by atoms with Gasteiger partial charge >= 0.3 is 6.18 Å². The predicted octanol–water partition coefficient (Wildman–Crippen LogP) is 3.73. The molecule has 2 heterocycles. The Morgan fingerprint density at radius 3 is 2.52 bits per heavy atom. The zero-order valence-corrected chi connectivity index (χ0v) is 14.9. The number of halogens is 3. The number of nitrogens with zero attached hydrogens (tertiary/aromatic N) is 3. The molecule has 3 aromatic rings. The minimum absolute atomic E-state index is 0.125. The molecule has 0 atom stereocenters. The second-order valence-corrected chi connectivity index (χ2v) is 6.03. The molecule has 0 aliphatic heterocycles. The standard InChI is InChI=1S/C18H17F3N4O2/c1-10-6-4-5-7-14(10)25-16(18(19,20)21)13(8-23-25)17(26)22-9-15-24-11(2)12(3)27-15/h4-8H,9H2,1-3H3,(H,22,26). The average Bonchev–Trinajstić information content (AvgIpc) is 3.17. The largest absolute Gasteiger partial charge is 0.444 e. The summed E-state index contributed by atoms with van der Waals surface area (Å²) >= 11 is 0. The van der Waals surface area contributed by atoms with E-state index in [1.165, 1.54) is 6.07 Å². The van der Waals surface area contributed by atoms with E-state index in [1.807, 2.05) is 0 Å².